The molecular formula is C53H64F2N6O6. The van der Waals surface area contributed by atoms with Gasteiger partial charge in [0, 0.05) is 43.2 Å². The van der Waals surface area contributed by atoms with E-state index < -0.39 is 47.1 Å². The van der Waals surface area contributed by atoms with Crippen LogP contribution in [0.15, 0.2) is 91.0 Å². The van der Waals surface area contributed by atoms with Gasteiger partial charge in [-0.1, -0.05) is 54.6 Å². The Kier molecular flexibility index (Phi) is 13.8. The number of rotatable bonds is 9. The minimum atomic E-state index is -0.687. The lowest BCUT2D eigenvalue weighted by atomic mass is 9.89. The normalized spacial score (nSPS) is 21.4. The first-order chi connectivity index (χ1) is 31.9. The van der Waals surface area contributed by atoms with Gasteiger partial charge < -0.3 is 29.9 Å². The molecule has 0 aliphatic carbocycles. The second-order valence-electron chi connectivity index (χ2n) is 20.3. The van der Waals surface area contributed by atoms with Crippen LogP contribution in [0.2, 0.25) is 0 Å². The van der Waals surface area contributed by atoms with Crippen molar-refractivity contribution in [1.29, 1.82) is 0 Å². The van der Waals surface area contributed by atoms with Crippen LogP contribution >= 0.6 is 0 Å². The Labute approximate surface area is 393 Å². The maximum Gasteiger partial charge on any atom is 0.410 e. The number of hydrogen-bond donors (Lipinski definition) is 2. The van der Waals surface area contributed by atoms with Crippen LogP contribution in [0.4, 0.5) is 41.1 Å². The summed E-state index contributed by atoms with van der Waals surface area (Å²) in [5.41, 5.74) is 3.20. The van der Waals surface area contributed by atoms with Crippen LogP contribution in [-0.2, 0) is 19.1 Å². The van der Waals surface area contributed by atoms with Gasteiger partial charge in [-0.15, -0.1) is 0 Å². The summed E-state index contributed by atoms with van der Waals surface area (Å²) in [6.45, 7) is 12.7. The standard InChI is InChI=1S/C53H64F2N6O6/c1-52(2,3)66-50(64)59-28-10-14-45(59)48(62)56-38-20-16-36(17-21-38)43-24-25-44(37-18-22-39(23-19-37)57-49(63)46-15-11-29-60(46)51(65)67-53(4,5)6)61(43)40-32-41(54)47(42(55)33-40)58-30-26-35(27-31-58)34-12-8-7-9-13-34/h7-9,12-13,16-23,32-33,35,43-46H,10-11,14-15,24-31H2,1-6H3,(H,56,62)(H,57,63)/t43-,44-,45-,46-/m0/s1. The van der Waals surface area contributed by atoms with Crippen LogP contribution in [0.3, 0.4) is 0 Å². The molecule has 0 spiro atoms. The fourth-order valence-electron chi connectivity index (χ4n) is 10.2. The van der Waals surface area contributed by atoms with E-state index in [2.05, 4.69) is 27.7 Å². The Bertz CT molecular complexity index is 2280. The zero-order valence-electron chi connectivity index (χ0n) is 39.5. The van der Waals surface area contributed by atoms with Crippen LogP contribution < -0.4 is 20.4 Å². The van der Waals surface area contributed by atoms with Gasteiger partial charge >= 0.3 is 12.2 Å². The quantitative estimate of drug-likeness (QED) is 0.170. The van der Waals surface area contributed by atoms with Crippen molar-refractivity contribution in [3.05, 3.63) is 119 Å². The molecule has 0 radical (unpaired) electrons. The number of nitrogens with one attached hydrogen (secondary N) is 2. The van der Waals surface area contributed by atoms with Crippen LogP contribution in [0.1, 0.15) is 128 Å². The zero-order chi connectivity index (χ0) is 47.6. The molecule has 12 nitrogen and oxygen atoms in total. The number of nitrogens with zero attached hydrogens (tertiary/aromatic N) is 4. The maximum atomic E-state index is 16.5. The highest BCUT2D eigenvalue weighted by molar-refractivity contribution is 5.97. The first-order valence-electron chi connectivity index (χ1n) is 23.8. The second-order valence-corrected chi connectivity index (χ2v) is 20.3. The van der Waals surface area contributed by atoms with Gasteiger partial charge in [-0.2, -0.15) is 0 Å². The topological polar surface area (TPSA) is 124 Å². The summed E-state index contributed by atoms with van der Waals surface area (Å²) in [5, 5.41) is 5.97. The van der Waals surface area contributed by atoms with Crippen LogP contribution in [0.25, 0.3) is 0 Å². The molecule has 4 saturated heterocycles. The van der Waals surface area contributed by atoms with Gasteiger partial charge in [0.25, 0.3) is 0 Å². The summed E-state index contributed by atoms with van der Waals surface area (Å²) in [7, 11) is 0. The van der Waals surface area contributed by atoms with Gasteiger partial charge in [-0.3, -0.25) is 19.4 Å². The van der Waals surface area contributed by atoms with Gasteiger partial charge in [-0.25, -0.2) is 18.4 Å². The maximum absolute atomic E-state index is 16.5. The molecule has 0 unspecified atom stereocenters. The molecule has 4 atom stereocenters. The van der Waals surface area contributed by atoms with E-state index in [1.807, 2.05) is 71.6 Å². The van der Waals surface area contributed by atoms with E-state index in [1.165, 1.54) is 27.5 Å². The van der Waals surface area contributed by atoms with E-state index in [9.17, 15) is 19.2 Å². The van der Waals surface area contributed by atoms with E-state index in [1.54, 1.807) is 41.5 Å². The molecule has 0 bridgehead atoms. The van der Waals surface area contributed by atoms with Crippen molar-refractivity contribution in [2.24, 2.45) is 0 Å². The fraction of sp³-hybridized carbons (Fsp3) is 0.472. The zero-order valence-corrected chi connectivity index (χ0v) is 39.5. The summed E-state index contributed by atoms with van der Waals surface area (Å²) in [6.07, 6.45) is 4.33. The van der Waals surface area contributed by atoms with E-state index >= 15 is 8.78 Å². The van der Waals surface area contributed by atoms with Crippen molar-refractivity contribution in [3.8, 4) is 0 Å². The molecule has 4 aromatic rings. The summed E-state index contributed by atoms with van der Waals surface area (Å²) in [5.74, 6) is -1.49. The summed E-state index contributed by atoms with van der Waals surface area (Å²) >= 11 is 0. The van der Waals surface area contributed by atoms with Crippen molar-refractivity contribution in [3.63, 3.8) is 0 Å². The monoisotopic (exact) mass is 918 g/mol. The predicted octanol–water partition coefficient (Wildman–Crippen LogP) is 11.1. The average Bonchev–Trinajstić information content (AvgIpc) is 4.08. The lowest BCUT2D eigenvalue weighted by Crippen LogP contribution is -2.45. The first kappa shape index (κ1) is 47.3. The Morgan fingerprint density at radius 1 is 0.552 bits per heavy atom. The van der Waals surface area contributed by atoms with E-state index in [-0.39, 0.29) is 29.6 Å². The number of halogens is 2. The molecular weight excluding hydrogens is 855 g/mol. The second kappa shape index (κ2) is 19.6. The van der Waals surface area contributed by atoms with Gasteiger partial charge in [0.15, 0.2) is 11.6 Å². The fourth-order valence-corrected chi connectivity index (χ4v) is 10.2. The molecule has 4 amide bonds. The van der Waals surface area contributed by atoms with Crippen molar-refractivity contribution in [1.82, 2.24) is 9.80 Å². The number of anilines is 4. The summed E-state index contributed by atoms with van der Waals surface area (Å²) in [6, 6.07) is 26.3. The predicted molar refractivity (Wildman–Crippen MR) is 256 cm³/mol. The highest BCUT2D eigenvalue weighted by Gasteiger charge is 2.40. The smallest absolute Gasteiger partial charge is 0.410 e. The van der Waals surface area contributed by atoms with Gasteiger partial charge in [0.1, 0.15) is 29.0 Å². The van der Waals surface area contributed by atoms with Crippen molar-refractivity contribution in [2.75, 3.05) is 46.6 Å². The SMILES string of the molecule is CC(C)(C)OC(=O)N1CCC[C@H]1C(=O)Nc1ccc([C@@H]2CC[C@@H](c3ccc(NC(=O)[C@@H]4CCCN4C(=O)OC(C)(C)C)cc3)N2c2cc(F)c(N3CCC(c4ccccc4)CC3)c(F)c2)cc1. The van der Waals surface area contributed by atoms with E-state index in [0.717, 1.165) is 24.0 Å². The average molecular weight is 919 g/mol. The minimum absolute atomic E-state index is 0.0114. The number of benzene rings is 4. The van der Waals surface area contributed by atoms with Gasteiger partial charge in [0.2, 0.25) is 11.8 Å². The third kappa shape index (κ3) is 11.0. The van der Waals surface area contributed by atoms with E-state index in [0.29, 0.717) is 87.7 Å². The highest BCUT2D eigenvalue weighted by Crippen LogP contribution is 2.48. The Balaban J connectivity index is 1.02. The van der Waals surface area contributed by atoms with Crippen molar-refractivity contribution >= 4 is 46.8 Å². The molecule has 67 heavy (non-hydrogen) atoms. The molecule has 4 fully saturated rings. The third-order valence-electron chi connectivity index (χ3n) is 13.3. The molecule has 356 valence electrons. The third-order valence-corrected chi connectivity index (χ3v) is 13.3. The Morgan fingerprint density at radius 3 is 1.40 bits per heavy atom. The lowest BCUT2D eigenvalue weighted by Gasteiger charge is -2.36. The lowest BCUT2D eigenvalue weighted by molar-refractivity contribution is -0.121. The number of carbonyl (C=O) groups excluding carboxylic acids is 4. The molecule has 4 heterocycles. The molecule has 4 aromatic carbocycles. The van der Waals surface area contributed by atoms with Gasteiger partial charge in [0.05, 0.1) is 12.1 Å². The minimum Gasteiger partial charge on any atom is -0.444 e. The molecule has 14 heteroatoms. The first-order valence-corrected chi connectivity index (χ1v) is 23.8. The molecule has 0 saturated carbocycles. The molecule has 4 aliphatic heterocycles. The number of likely N-dealkylation sites (tertiary alicyclic amines) is 2. The number of piperidine rings is 1. The summed E-state index contributed by atoms with van der Waals surface area (Å²) < 4.78 is 44.1. The highest BCUT2D eigenvalue weighted by atomic mass is 19.1. The number of carbonyl (C=O) groups is 4. The Hall–Kier alpha value is -6.18. The van der Waals surface area contributed by atoms with Gasteiger partial charge in [-0.05, 0) is 152 Å². The molecule has 0 aromatic heterocycles. The van der Waals surface area contributed by atoms with Crippen molar-refractivity contribution in [2.45, 2.75) is 134 Å². The largest absolute Gasteiger partial charge is 0.444 e. The van der Waals surface area contributed by atoms with Crippen LogP contribution in [0, 0.1) is 11.6 Å². The number of amides is 4. The number of hydrogen-bond acceptors (Lipinski definition) is 8. The van der Waals surface area contributed by atoms with Crippen LogP contribution in [-0.4, -0.2) is 83.3 Å². The molecule has 8 rings (SSSR count). The molecule has 2 N–H and O–H groups in total. The van der Waals surface area contributed by atoms with Crippen LogP contribution in [0.5, 0.6) is 0 Å². The van der Waals surface area contributed by atoms with Crippen molar-refractivity contribution < 1.29 is 37.4 Å². The molecule has 4 aliphatic rings. The Morgan fingerprint density at radius 2 is 0.985 bits per heavy atom. The number of ether oxygens (including phenoxy) is 2. The van der Waals surface area contributed by atoms with E-state index in [4.69, 9.17) is 9.47 Å². The summed E-state index contributed by atoms with van der Waals surface area (Å²) in [4.78, 5) is 59.7.